The molecule has 112 valence electrons. The highest BCUT2D eigenvalue weighted by atomic mass is 79.9. The highest BCUT2D eigenvalue weighted by Crippen LogP contribution is 2.29. The lowest BCUT2D eigenvalue weighted by molar-refractivity contribution is 0.469. The zero-order valence-electron chi connectivity index (χ0n) is 12.5. The summed E-state index contributed by atoms with van der Waals surface area (Å²) in [6.07, 6.45) is 2.07. The lowest BCUT2D eigenvalue weighted by Crippen LogP contribution is -2.22. The SMILES string of the molecule is CSc1ccc(Oc2ccc(Br)cc2CNC(C)C)cc1. The molecular weight excluding hydrogens is 346 g/mol. The molecule has 0 fully saturated rings. The van der Waals surface area contributed by atoms with E-state index < -0.39 is 0 Å². The third-order valence-corrected chi connectivity index (χ3v) is 4.25. The predicted molar refractivity (Wildman–Crippen MR) is 94.4 cm³/mol. The molecule has 21 heavy (non-hydrogen) atoms. The number of halogens is 1. The van der Waals surface area contributed by atoms with E-state index in [0.717, 1.165) is 28.1 Å². The van der Waals surface area contributed by atoms with Crippen LogP contribution in [0, 0.1) is 0 Å². The molecule has 1 N–H and O–H groups in total. The summed E-state index contributed by atoms with van der Waals surface area (Å²) in [7, 11) is 0. The topological polar surface area (TPSA) is 21.3 Å². The van der Waals surface area contributed by atoms with Gasteiger partial charge in [-0.3, -0.25) is 0 Å². The zero-order valence-corrected chi connectivity index (χ0v) is 14.9. The highest BCUT2D eigenvalue weighted by Gasteiger charge is 2.07. The molecular formula is C17H20BrNOS. The van der Waals surface area contributed by atoms with Crippen LogP contribution >= 0.6 is 27.7 Å². The summed E-state index contributed by atoms with van der Waals surface area (Å²) in [4.78, 5) is 1.24. The number of rotatable bonds is 6. The van der Waals surface area contributed by atoms with Gasteiger partial charge in [-0.05, 0) is 48.7 Å². The minimum absolute atomic E-state index is 0.442. The molecule has 2 nitrogen and oxygen atoms in total. The average Bonchev–Trinajstić information content (AvgIpc) is 2.48. The molecule has 2 aromatic rings. The monoisotopic (exact) mass is 365 g/mol. The van der Waals surface area contributed by atoms with Crippen molar-refractivity contribution in [3.05, 3.63) is 52.5 Å². The van der Waals surface area contributed by atoms with Gasteiger partial charge in [-0.1, -0.05) is 29.8 Å². The quantitative estimate of drug-likeness (QED) is 0.686. The molecule has 0 heterocycles. The van der Waals surface area contributed by atoms with Gasteiger partial charge in [0.05, 0.1) is 0 Å². The minimum Gasteiger partial charge on any atom is -0.457 e. The lowest BCUT2D eigenvalue weighted by atomic mass is 10.2. The van der Waals surface area contributed by atoms with E-state index in [0.29, 0.717) is 6.04 Å². The van der Waals surface area contributed by atoms with Crippen LogP contribution in [0.25, 0.3) is 0 Å². The summed E-state index contributed by atoms with van der Waals surface area (Å²) in [5.41, 5.74) is 1.15. The first kappa shape index (κ1) is 16.4. The van der Waals surface area contributed by atoms with Gasteiger partial charge < -0.3 is 10.1 Å². The Kier molecular flexibility index (Phi) is 6.15. The molecule has 0 aliphatic heterocycles. The number of nitrogens with one attached hydrogen (secondary N) is 1. The van der Waals surface area contributed by atoms with Crippen molar-refractivity contribution in [2.75, 3.05) is 6.26 Å². The van der Waals surface area contributed by atoms with Gasteiger partial charge in [0.1, 0.15) is 11.5 Å². The fourth-order valence-electron chi connectivity index (χ4n) is 1.87. The standard InChI is InChI=1S/C17H20BrNOS/c1-12(2)19-11-13-10-14(18)4-9-17(13)20-15-5-7-16(21-3)8-6-15/h4-10,12,19H,11H2,1-3H3. The molecule has 0 amide bonds. The Morgan fingerprint density at radius 2 is 1.86 bits per heavy atom. The van der Waals surface area contributed by atoms with Crippen LogP contribution in [0.5, 0.6) is 11.5 Å². The largest absolute Gasteiger partial charge is 0.457 e. The van der Waals surface area contributed by atoms with Crippen LogP contribution in [0.4, 0.5) is 0 Å². The second-order valence-corrected chi connectivity index (χ2v) is 6.86. The van der Waals surface area contributed by atoms with Crippen molar-refractivity contribution in [1.29, 1.82) is 0 Å². The maximum absolute atomic E-state index is 6.03. The van der Waals surface area contributed by atoms with Crippen molar-refractivity contribution in [2.24, 2.45) is 0 Å². The van der Waals surface area contributed by atoms with Crippen molar-refractivity contribution in [3.63, 3.8) is 0 Å². The summed E-state index contributed by atoms with van der Waals surface area (Å²) in [6, 6.07) is 14.7. The zero-order chi connectivity index (χ0) is 15.2. The van der Waals surface area contributed by atoms with Crippen molar-refractivity contribution in [1.82, 2.24) is 5.32 Å². The Labute approximate surface area is 139 Å². The maximum Gasteiger partial charge on any atom is 0.131 e. The number of hydrogen-bond donors (Lipinski definition) is 1. The van der Waals surface area contributed by atoms with Crippen LogP contribution in [0.2, 0.25) is 0 Å². The summed E-state index contributed by atoms with van der Waals surface area (Å²) < 4.78 is 7.09. The summed E-state index contributed by atoms with van der Waals surface area (Å²) in [5, 5.41) is 3.43. The van der Waals surface area contributed by atoms with E-state index >= 15 is 0 Å². The van der Waals surface area contributed by atoms with Crippen LogP contribution < -0.4 is 10.1 Å². The fourth-order valence-corrected chi connectivity index (χ4v) is 2.69. The number of benzene rings is 2. The van der Waals surface area contributed by atoms with Gasteiger partial charge in [-0.25, -0.2) is 0 Å². The summed E-state index contributed by atoms with van der Waals surface area (Å²) >= 11 is 5.25. The molecule has 0 atom stereocenters. The van der Waals surface area contributed by atoms with E-state index in [4.69, 9.17) is 4.74 Å². The molecule has 0 aromatic heterocycles. The Morgan fingerprint density at radius 1 is 1.14 bits per heavy atom. The maximum atomic E-state index is 6.03. The molecule has 2 aromatic carbocycles. The second kappa shape index (κ2) is 7.87. The highest BCUT2D eigenvalue weighted by molar-refractivity contribution is 9.10. The van der Waals surface area contributed by atoms with Gasteiger partial charge in [0.2, 0.25) is 0 Å². The lowest BCUT2D eigenvalue weighted by Gasteiger charge is -2.14. The summed E-state index contributed by atoms with van der Waals surface area (Å²) in [5.74, 6) is 1.75. The first-order valence-corrected chi connectivity index (χ1v) is 8.94. The number of thioether (sulfide) groups is 1. The second-order valence-electron chi connectivity index (χ2n) is 5.07. The van der Waals surface area contributed by atoms with E-state index in [1.807, 2.05) is 24.3 Å². The molecule has 0 saturated carbocycles. The normalized spacial score (nSPS) is 10.9. The Morgan fingerprint density at radius 3 is 2.48 bits per heavy atom. The number of ether oxygens (including phenoxy) is 1. The van der Waals surface area contributed by atoms with Crippen molar-refractivity contribution in [3.8, 4) is 11.5 Å². The third-order valence-electron chi connectivity index (χ3n) is 3.01. The molecule has 0 spiro atoms. The third kappa shape index (κ3) is 5.06. The first-order chi connectivity index (χ1) is 10.1. The predicted octanol–water partition coefficient (Wildman–Crippen LogP) is 5.46. The average molecular weight is 366 g/mol. The molecule has 0 saturated heterocycles. The smallest absolute Gasteiger partial charge is 0.131 e. The molecule has 0 unspecified atom stereocenters. The van der Waals surface area contributed by atoms with Crippen LogP contribution in [0.15, 0.2) is 51.8 Å². The molecule has 0 bridgehead atoms. The van der Waals surface area contributed by atoms with Crippen LogP contribution in [-0.4, -0.2) is 12.3 Å². The Bertz CT molecular complexity index is 584. The molecule has 0 aliphatic rings. The molecule has 0 aliphatic carbocycles. The Balaban J connectivity index is 2.17. The molecule has 0 radical (unpaired) electrons. The van der Waals surface area contributed by atoms with Crippen molar-refractivity contribution in [2.45, 2.75) is 31.3 Å². The van der Waals surface area contributed by atoms with E-state index in [1.54, 1.807) is 11.8 Å². The van der Waals surface area contributed by atoms with Gasteiger partial charge in [0.15, 0.2) is 0 Å². The van der Waals surface area contributed by atoms with Gasteiger partial charge in [-0.2, -0.15) is 0 Å². The van der Waals surface area contributed by atoms with E-state index in [9.17, 15) is 0 Å². The van der Waals surface area contributed by atoms with Gasteiger partial charge in [0.25, 0.3) is 0 Å². The van der Waals surface area contributed by atoms with Crippen molar-refractivity contribution < 1.29 is 4.74 Å². The summed E-state index contributed by atoms with van der Waals surface area (Å²) in [6.45, 7) is 5.06. The van der Waals surface area contributed by atoms with Gasteiger partial charge >= 0.3 is 0 Å². The van der Waals surface area contributed by atoms with Crippen LogP contribution in [-0.2, 0) is 6.54 Å². The van der Waals surface area contributed by atoms with Crippen LogP contribution in [0.3, 0.4) is 0 Å². The Hall–Kier alpha value is -0.970. The first-order valence-electron chi connectivity index (χ1n) is 6.92. The van der Waals surface area contributed by atoms with Crippen molar-refractivity contribution >= 4 is 27.7 Å². The van der Waals surface area contributed by atoms with E-state index in [2.05, 4.69) is 59.5 Å². The minimum atomic E-state index is 0.442. The molecule has 4 heteroatoms. The van der Waals surface area contributed by atoms with E-state index in [1.165, 1.54) is 4.90 Å². The van der Waals surface area contributed by atoms with Crippen LogP contribution in [0.1, 0.15) is 19.4 Å². The van der Waals surface area contributed by atoms with Gasteiger partial charge in [-0.15, -0.1) is 11.8 Å². The van der Waals surface area contributed by atoms with E-state index in [-0.39, 0.29) is 0 Å². The number of hydrogen-bond acceptors (Lipinski definition) is 3. The fraction of sp³-hybridized carbons (Fsp3) is 0.294. The molecule has 2 rings (SSSR count). The van der Waals surface area contributed by atoms with Gasteiger partial charge in [0, 0.05) is 27.5 Å².